The molecule has 5 rings (SSSR count). The summed E-state index contributed by atoms with van der Waals surface area (Å²) in [5.41, 5.74) is 4.08. The van der Waals surface area contributed by atoms with Crippen LogP contribution in [0.4, 0.5) is 0 Å². The maximum absolute atomic E-state index is 12.7. The number of thiophene rings is 1. The van der Waals surface area contributed by atoms with Gasteiger partial charge in [-0.05, 0) is 35.9 Å². The maximum Gasteiger partial charge on any atom is 0.233 e. The largest absolute Gasteiger partial charge is 0.337 e. The first-order valence-electron chi connectivity index (χ1n) is 9.82. The van der Waals surface area contributed by atoms with E-state index in [-0.39, 0.29) is 5.91 Å². The second-order valence-electron chi connectivity index (χ2n) is 7.16. The van der Waals surface area contributed by atoms with E-state index in [2.05, 4.69) is 45.3 Å². The van der Waals surface area contributed by atoms with E-state index in [1.807, 2.05) is 17.0 Å². The highest BCUT2D eigenvalue weighted by Crippen LogP contribution is 2.28. The summed E-state index contributed by atoms with van der Waals surface area (Å²) in [6, 6.07) is 10.3. The van der Waals surface area contributed by atoms with Crippen LogP contribution in [0.15, 0.2) is 40.9 Å². The van der Waals surface area contributed by atoms with Crippen molar-refractivity contribution in [2.75, 3.05) is 12.3 Å². The molecule has 0 aliphatic carbocycles. The van der Waals surface area contributed by atoms with Crippen LogP contribution in [-0.2, 0) is 24.3 Å². The van der Waals surface area contributed by atoms with Gasteiger partial charge in [0.05, 0.1) is 11.3 Å². The Kier molecular flexibility index (Phi) is 4.97. The molecule has 4 heterocycles. The summed E-state index contributed by atoms with van der Waals surface area (Å²) >= 11 is 3.15. The standard InChI is InChI=1S/C21H21N5OS2/c1-2-9-26-16-6-4-3-5-15(16)19-20(26)22-21(24-23-19)29-13-18(27)25-10-7-17-14(12-25)8-11-28-17/h3-6,8,11H,2,7,9-10,12-13H2,1H3. The molecule has 0 saturated heterocycles. The molecule has 148 valence electrons. The number of para-hydroxylation sites is 1. The Labute approximate surface area is 176 Å². The minimum absolute atomic E-state index is 0.129. The number of fused-ring (bicyclic) bond motifs is 4. The molecule has 0 spiro atoms. The molecule has 8 heteroatoms. The lowest BCUT2D eigenvalue weighted by Gasteiger charge is -2.26. The molecule has 1 aliphatic heterocycles. The van der Waals surface area contributed by atoms with Gasteiger partial charge in [0.2, 0.25) is 11.1 Å². The van der Waals surface area contributed by atoms with Crippen molar-refractivity contribution in [2.24, 2.45) is 0 Å². The van der Waals surface area contributed by atoms with Crippen molar-refractivity contribution in [3.8, 4) is 0 Å². The van der Waals surface area contributed by atoms with E-state index in [1.165, 1.54) is 22.2 Å². The number of benzene rings is 1. The number of amides is 1. The molecular weight excluding hydrogens is 402 g/mol. The van der Waals surface area contributed by atoms with Crippen molar-refractivity contribution in [3.05, 3.63) is 46.2 Å². The number of carbonyl (C=O) groups excluding carboxylic acids is 1. The molecule has 0 unspecified atom stereocenters. The van der Waals surface area contributed by atoms with Crippen LogP contribution in [-0.4, -0.2) is 42.9 Å². The number of carbonyl (C=O) groups is 1. The van der Waals surface area contributed by atoms with Crippen molar-refractivity contribution in [3.63, 3.8) is 0 Å². The Morgan fingerprint density at radius 2 is 2.14 bits per heavy atom. The van der Waals surface area contributed by atoms with Gasteiger partial charge in [0.25, 0.3) is 0 Å². The zero-order valence-electron chi connectivity index (χ0n) is 16.2. The van der Waals surface area contributed by atoms with Gasteiger partial charge in [0, 0.05) is 29.9 Å². The molecule has 4 aromatic rings. The van der Waals surface area contributed by atoms with E-state index in [4.69, 9.17) is 4.98 Å². The Balaban J connectivity index is 1.36. The first kappa shape index (κ1) is 18.6. The average molecular weight is 424 g/mol. The predicted molar refractivity (Wildman–Crippen MR) is 117 cm³/mol. The fourth-order valence-corrected chi connectivity index (χ4v) is 5.45. The summed E-state index contributed by atoms with van der Waals surface area (Å²) in [4.78, 5) is 20.8. The highest BCUT2D eigenvalue weighted by Gasteiger charge is 2.22. The first-order chi connectivity index (χ1) is 14.2. The zero-order chi connectivity index (χ0) is 19.8. The van der Waals surface area contributed by atoms with Crippen molar-refractivity contribution in [2.45, 2.75) is 38.0 Å². The molecule has 0 atom stereocenters. The van der Waals surface area contributed by atoms with Crippen molar-refractivity contribution < 1.29 is 4.79 Å². The summed E-state index contributed by atoms with van der Waals surface area (Å²) in [7, 11) is 0. The molecule has 1 aromatic carbocycles. The normalized spacial score (nSPS) is 13.9. The van der Waals surface area contributed by atoms with Gasteiger partial charge in [-0.2, -0.15) is 0 Å². The van der Waals surface area contributed by atoms with Crippen LogP contribution in [0, 0.1) is 0 Å². The lowest BCUT2D eigenvalue weighted by atomic mass is 10.1. The second-order valence-corrected chi connectivity index (χ2v) is 9.10. The van der Waals surface area contributed by atoms with Crippen LogP contribution >= 0.6 is 23.1 Å². The average Bonchev–Trinajstić information content (AvgIpc) is 3.35. The summed E-state index contributed by atoms with van der Waals surface area (Å²) in [6.07, 6.45) is 1.96. The molecule has 0 radical (unpaired) electrons. The number of nitrogens with zero attached hydrogens (tertiary/aromatic N) is 5. The third-order valence-electron chi connectivity index (χ3n) is 5.29. The fraction of sp³-hybridized carbons (Fsp3) is 0.333. The molecule has 1 amide bonds. The molecule has 0 fully saturated rings. The fourth-order valence-electron chi connectivity index (χ4n) is 3.88. The topological polar surface area (TPSA) is 63.9 Å². The molecule has 3 aromatic heterocycles. The molecule has 0 N–H and O–H groups in total. The SMILES string of the molecule is CCCn1c2ccccc2c2nnc(SCC(=O)N3CCc4sccc4C3)nc21. The second kappa shape index (κ2) is 7.76. The highest BCUT2D eigenvalue weighted by molar-refractivity contribution is 7.99. The quantitative estimate of drug-likeness (QED) is 0.452. The van der Waals surface area contributed by atoms with Crippen LogP contribution in [0.5, 0.6) is 0 Å². The van der Waals surface area contributed by atoms with Crippen LogP contribution in [0.2, 0.25) is 0 Å². The van der Waals surface area contributed by atoms with Crippen molar-refractivity contribution in [1.29, 1.82) is 0 Å². The molecule has 1 aliphatic rings. The lowest BCUT2D eigenvalue weighted by Crippen LogP contribution is -2.36. The summed E-state index contributed by atoms with van der Waals surface area (Å²) in [5.74, 6) is 0.463. The number of hydrogen-bond donors (Lipinski definition) is 0. The Morgan fingerprint density at radius 3 is 3.03 bits per heavy atom. The van der Waals surface area contributed by atoms with Gasteiger partial charge in [-0.3, -0.25) is 4.79 Å². The number of aryl methyl sites for hydroxylation is 1. The van der Waals surface area contributed by atoms with Gasteiger partial charge in [-0.1, -0.05) is 36.9 Å². The highest BCUT2D eigenvalue weighted by atomic mass is 32.2. The van der Waals surface area contributed by atoms with E-state index in [1.54, 1.807) is 11.3 Å². The zero-order valence-corrected chi connectivity index (χ0v) is 17.8. The number of aromatic nitrogens is 4. The van der Waals surface area contributed by atoms with E-state index in [0.29, 0.717) is 17.5 Å². The summed E-state index contributed by atoms with van der Waals surface area (Å²) in [5, 5.41) is 12.5. The summed E-state index contributed by atoms with van der Waals surface area (Å²) < 4.78 is 2.20. The van der Waals surface area contributed by atoms with E-state index >= 15 is 0 Å². The molecule has 0 saturated carbocycles. The lowest BCUT2D eigenvalue weighted by molar-refractivity contribution is -0.129. The molecule has 29 heavy (non-hydrogen) atoms. The first-order valence-corrected chi connectivity index (χ1v) is 11.7. The van der Waals surface area contributed by atoms with Crippen LogP contribution < -0.4 is 0 Å². The third kappa shape index (κ3) is 3.40. The van der Waals surface area contributed by atoms with Gasteiger partial charge in [-0.25, -0.2) is 4.98 Å². The van der Waals surface area contributed by atoms with Gasteiger partial charge in [-0.15, -0.1) is 21.5 Å². The Hall–Kier alpha value is -2.45. The minimum Gasteiger partial charge on any atom is -0.337 e. The molecule has 6 nitrogen and oxygen atoms in total. The van der Waals surface area contributed by atoms with Gasteiger partial charge < -0.3 is 9.47 Å². The van der Waals surface area contributed by atoms with Crippen molar-refractivity contribution >= 4 is 51.1 Å². The van der Waals surface area contributed by atoms with Gasteiger partial charge >= 0.3 is 0 Å². The maximum atomic E-state index is 12.7. The monoisotopic (exact) mass is 423 g/mol. The van der Waals surface area contributed by atoms with E-state index in [9.17, 15) is 4.79 Å². The number of hydrogen-bond acceptors (Lipinski definition) is 6. The van der Waals surface area contributed by atoms with Crippen LogP contribution in [0.1, 0.15) is 23.8 Å². The number of thioether (sulfide) groups is 1. The Bertz CT molecular complexity index is 1200. The predicted octanol–water partition coefficient (Wildman–Crippen LogP) is 4.13. The van der Waals surface area contributed by atoms with Gasteiger partial charge in [0.1, 0.15) is 5.52 Å². The van der Waals surface area contributed by atoms with Crippen LogP contribution in [0.3, 0.4) is 0 Å². The third-order valence-corrected chi connectivity index (χ3v) is 7.13. The molecular formula is C21H21N5OS2. The number of rotatable bonds is 5. The molecule has 0 bridgehead atoms. The van der Waals surface area contributed by atoms with E-state index < -0.39 is 0 Å². The van der Waals surface area contributed by atoms with E-state index in [0.717, 1.165) is 48.0 Å². The van der Waals surface area contributed by atoms with Gasteiger partial charge in [0.15, 0.2) is 5.65 Å². The minimum atomic E-state index is 0.129. The smallest absolute Gasteiger partial charge is 0.233 e. The van der Waals surface area contributed by atoms with Crippen LogP contribution in [0.25, 0.3) is 22.1 Å². The Morgan fingerprint density at radius 1 is 1.24 bits per heavy atom. The van der Waals surface area contributed by atoms with Crippen molar-refractivity contribution in [1.82, 2.24) is 24.6 Å². The summed E-state index contributed by atoms with van der Waals surface area (Å²) in [6.45, 7) is 4.53.